The molecule has 2 heterocycles. The average molecular weight is 357 g/mol. The van der Waals surface area contributed by atoms with Crippen molar-refractivity contribution < 1.29 is 4.79 Å². The zero-order valence-corrected chi connectivity index (χ0v) is 15.3. The molecule has 1 aliphatic heterocycles. The Morgan fingerprint density at radius 1 is 0.852 bits per heavy atom. The molecule has 27 heavy (non-hydrogen) atoms. The van der Waals surface area contributed by atoms with E-state index in [2.05, 4.69) is 40.5 Å². The van der Waals surface area contributed by atoms with Gasteiger partial charge in [-0.3, -0.25) is 4.79 Å². The SMILES string of the molecule is O=C(c1ccc(-c2ccccc2)nn1)N1CCC(Cc2ccccc2)CC1. The van der Waals surface area contributed by atoms with Crippen molar-refractivity contribution in [3.05, 3.63) is 84.1 Å². The van der Waals surface area contributed by atoms with Gasteiger partial charge in [0.05, 0.1) is 5.69 Å². The van der Waals surface area contributed by atoms with E-state index in [-0.39, 0.29) is 5.91 Å². The molecule has 0 atom stereocenters. The van der Waals surface area contributed by atoms with Gasteiger partial charge >= 0.3 is 0 Å². The fraction of sp³-hybridized carbons (Fsp3) is 0.261. The normalized spacial score (nSPS) is 14.9. The van der Waals surface area contributed by atoms with Crippen LogP contribution >= 0.6 is 0 Å². The highest BCUT2D eigenvalue weighted by molar-refractivity contribution is 5.92. The number of hydrogen-bond donors (Lipinski definition) is 0. The topological polar surface area (TPSA) is 46.1 Å². The summed E-state index contributed by atoms with van der Waals surface area (Å²) in [4.78, 5) is 14.6. The predicted molar refractivity (Wildman–Crippen MR) is 106 cm³/mol. The second-order valence-electron chi connectivity index (χ2n) is 7.10. The van der Waals surface area contributed by atoms with Crippen LogP contribution in [0.4, 0.5) is 0 Å². The molecule has 0 spiro atoms. The van der Waals surface area contributed by atoms with Crippen molar-refractivity contribution in [2.45, 2.75) is 19.3 Å². The van der Waals surface area contributed by atoms with Crippen molar-refractivity contribution in [3.8, 4) is 11.3 Å². The molecule has 3 aromatic rings. The molecule has 0 N–H and O–H groups in total. The van der Waals surface area contributed by atoms with E-state index in [0.29, 0.717) is 11.6 Å². The van der Waals surface area contributed by atoms with Gasteiger partial charge in [-0.2, -0.15) is 0 Å². The number of likely N-dealkylation sites (tertiary alicyclic amines) is 1. The van der Waals surface area contributed by atoms with Gasteiger partial charge in [-0.05, 0) is 42.9 Å². The van der Waals surface area contributed by atoms with E-state index in [1.807, 2.05) is 41.3 Å². The maximum absolute atomic E-state index is 12.7. The third-order valence-electron chi connectivity index (χ3n) is 5.22. The number of rotatable bonds is 4. The van der Waals surface area contributed by atoms with Crippen molar-refractivity contribution in [3.63, 3.8) is 0 Å². The van der Waals surface area contributed by atoms with Crippen LogP contribution in [-0.2, 0) is 6.42 Å². The Bertz CT molecular complexity index is 871. The van der Waals surface area contributed by atoms with E-state index in [1.54, 1.807) is 6.07 Å². The predicted octanol–water partition coefficient (Wildman–Crippen LogP) is 4.24. The van der Waals surface area contributed by atoms with Gasteiger partial charge < -0.3 is 4.90 Å². The van der Waals surface area contributed by atoms with Crippen molar-refractivity contribution in [1.29, 1.82) is 0 Å². The average Bonchev–Trinajstić information content (AvgIpc) is 2.75. The molecule has 1 aromatic heterocycles. The minimum absolute atomic E-state index is 0.0136. The fourth-order valence-corrected chi connectivity index (χ4v) is 3.66. The van der Waals surface area contributed by atoms with E-state index >= 15 is 0 Å². The summed E-state index contributed by atoms with van der Waals surface area (Å²) < 4.78 is 0. The molecule has 0 aliphatic carbocycles. The number of piperidine rings is 1. The molecule has 1 saturated heterocycles. The summed E-state index contributed by atoms with van der Waals surface area (Å²) in [6.07, 6.45) is 3.17. The minimum Gasteiger partial charge on any atom is -0.337 e. The van der Waals surface area contributed by atoms with Crippen LogP contribution < -0.4 is 0 Å². The molecule has 1 fully saturated rings. The largest absolute Gasteiger partial charge is 0.337 e. The molecule has 0 radical (unpaired) electrons. The van der Waals surface area contributed by atoms with Gasteiger partial charge in [-0.1, -0.05) is 60.7 Å². The standard InChI is InChI=1S/C23H23N3O/c27-23(22-12-11-21(24-25-22)20-9-5-2-6-10-20)26-15-13-19(14-16-26)17-18-7-3-1-4-8-18/h1-12,19H,13-17H2. The Hall–Kier alpha value is -3.01. The van der Waals surface area contributed by atoms with E-state index in [0.717, 1.165) is 43.6 Å². The first-order valence-electron chi connectivity index (χ1n) is 9.52. The third-order valence-corrected chi connectivity index (χ3v) is 5.22. The van der Waals surface area contributed by atoms with E-state index in [9.17, 15) is 4.79 Å². The monoisotopic (exact) mass is 357 g/mol. The van der Waals surface area contributed by atoms with Gasteiger partial charge in [0.25, 0.3) is 5.91 Å². The van der Waals surface area contributed by atoms with Crippen LogP contribution in [0.2, 0.25) is 0 Å². The van der Waals surface area contributed by atoms with E-state index in [4.69, 9.17) is 0 Å². The van der Waals surface area contributed by atoms with Gasteiger partial charge in [-0.25, -0.2) is 0 Å². The Balaban J connectivity index is 1.35. The Morgan fingerprint density at radius 2 is 1.52 bits per heavy atom. The molecule has 4 nitrogen and oxygen atoms in total. The summed E-state index contributed by atoms with van der Waals surface area (Å²) >= 11 is 0. The quantitative estimate of drug-likeness (QED) is 0.702. The fourth-order valence-electron chi connectivity index (χ4n) is 3.66. The molecule has 0 unspecified atom stereocenters. The molecule has 1 aliphatic rings. The highest BCUT2D eigenvalue weighted by Gasteiger charge is 2.24. The van der Waals surface area contributed by atoms with Gasteiger partial charge in [-0.15, -0.1) is 10.2 Å². The molecular weight excluding hydrogens is 334 g/mol. The van der Waals surface area contributed by atoms with Crippen LogP contribution in [0, 0.1) is 5.92 Å². The summed E-state index contributed by atoms with van der Waals surface area (Å²) in [5, 5.41) is 8.41. The highest BCUT2D eigenvalue weighted by Crippen LogP contribution is 2.23. The highest BCUT2D eigenvalue weighted by atomic mass is 16.2. The summed E-state index contributed by atoms with van der Waals surface area (Å²) in [7, 11) is 0. The van der Waals surface area contributed by atoms with Gasteiger partial charge in [0.1, 0.15) is 0 Å². The molecular formula is C23H23N3O. The molecule has 1 amide bonds. The lowest BCUT2D eigenvalue weighted by Crippen LogP contribution is -2.39. The molecule has 4 rings (SSSR count). The lowest BCUT2D eigenvalue weighted by Gasteiger charge is -2.31. The Morgan fingerprint density at radius 3 is 2.15 bits per heavy atom. The van der Waals surface area contributed by atoms with Gasteiger partial charge in [0.15, 0.2) is 5.69 Å². The second kappa shape index (κ2) is 8.12. The van der Waals surface area contributed by atoms with Crippen LogP contribution in [0.15, 0.2) is 72.8 Å². The summed E-state index contributed by atoms with van der Waals surface area (Å²) in [5.74, 6) is 0.628. The number of hydrogen-bond acceptors (Lipinski definition) is 3. The van der Waals surface area contributed by atoms with Crippen LogP contribution in [0.1, 0.15) is 28.9 Å². The van der Waals surface area contributed by atoms with Crippen LogP contribution in [-0.4, -0.2) is 34.1 Å². The van der Waals surface area contributed by atoms with Crippen molar-refractivity contribution in [2.75, 3.05) is 13.1 Å². The van der Waals surface area contributed by atoms with Crippen molar-refractivity contribution in [1.82, 2.24) is 15.1 Å². The lowest BCUT2D eigenvalue weighted by atomic mass is 9.90. The molecule has 2 aromatic carbocycles. The second-order valence-corrected chi connectivity index (χ2v) is 7.10. The van der Waals surface area contributed by atoms with E-state index < -0.39 is 0 Å². The Kier molecular flexibility index (Phi) is 5.24. The van der Waals surface area contributed by atoms with Gasteiger partial charge in [0, 0.05) is 18.7 Å². The van der Waals surface area contributed by atoms with Gasteiger partial charge in [0.2, 0.25) is 0 Å². The lowest BCUT2D eigenvalue weighted by molar-refractivity contribution is 0.0683. The first-order chi connectivity index (χ1) is 13.3. The smallest absolute Gasteiger partial charge is 0.274 e. The zero-order valence-electron chi connectivity index (χ0n) is 15.3. The maximum atomic E-state index is 12.7. The summed E-state index contributed by atoms with van der Waals surface area (Å²) in [6, 6.07) is 24.1. The van der Waals surface area contributed by atoms with Crippen molar-refractivity contribution >= 4 is 5.91 Å². The number of nitrogens with zero attached hydrogens (tertiary/aromatic N) is 3. The van der Waals surface area contributed by atoms with Crippen LogP contribution in [0.5, 0.6) is 0 Å². The number of carbonyl (C=O) groups excluding carboxylic acids is 1. The summed E-state index contributed by atoms with van der Waals surface area (Å²) in [6.45, 7) is 1.58. The number of amides is 1. The molecule has 0 saturated carbocycles. The molecule has 4 heteroatoms. The van der Waals surface area contributed by atoms with Crippen LogP contribution in [0.3, 0.4) is 0 Å². The zero-order chi connectivity index (χ0) is 18.5. The third kappa shape index (κ3) is 4.22. The first kappa shape index (κ1) is 17.4. The summed E-state index contributed by atoms with van der Waals surface area (Å²) in [5.41, 5.74) is 3.60. The van der Waals surface area contributed by atoms with Crippen LogP contribution in [0.25, 0.3) is 11.3 Å². The molecule has 136 valence electrons. The first-order valence-corrected chi connectivity index (χ1v) is 9.52. The number of benzene rings is 2. The number of aromatic nitrogens is 2. The molecule has 0 bridgehead atoms. The van der Waals surface area contributed by atoms with Crippen molar-refractivity contribution in [2.24, 2.45) is 5.92 Å². The maximum Gasteiger partial charge on any atom is 0.274 e. The minimum atomic E-state index is -0.0136. The Labute approximate surface area is 159 Å². The number of carbonyl (C=O) groups is 1. The van der Waals surface area contributed by atoms with E-state index in [1.165, 1.54) is 5.56 Å².